The van der Waals surface area contributed by atoms with Crippen LogP contribution in [0.3, 0.4) is 0 Å². The number of nitrogens with one attached hydrogen (secondary N) is 2. The first-order valence-electron chi connectivity index (χ1n) is 7.10. The number of nitrogens with zero attached hydrogens (tertiary/aromatic N) is 1. The van der Waals surface area contributed by atoms with Gasteiger partial charge < -0.3 is 15.1 Å². The largest absolute Gasteiger partial charge is 0.467 e. The van der Waals surface area contributed by atoms with Gasteiger partial charge in [-0.3, -0.25) is 9.78 Å². The molecule has 3 aromatic rings. The lowest BCUT2D eigenvalue weighted by Gasteiger charge is -2.08. The van der Waals surface area contributed by atoms with Gasteiger partial charge in [-0.05, 0) is 36.4 Å². The second-order valence-electron chi connectivity index (χ2n) is 4.94. The topological polar surface area (TPSA) is 67.2 Å². The van der Waals surface area contributed by atoms with Crippen molar-refractivity contribution in [1.82, 2.24) is 4.98 Å². The van der Waals surface area contributed by atoms with Crippen LogP contribution in [0, 0.1) is 11.6 Å². The maximum atomic E-state index is 13.6. The Morgan fingerprint density at radius 2 is 2.04 bits per heavy atom. The quantitative estimate of drug-likeness (QED) is 0.747. The van der Waals surface area contributed by atoms with Crippen molar-refractivity contribution in [3.8, 4) is 0 Å². The van der Waals surface area contributed by atoms with Crippen LogP contribution in [-0.2, 0) is 6.54 Å². The Balaban J connectivity index is 1.69. The normalized spacial score (nSPS) is 10.4. The number of carbonyl (C=O) groups excluding carboxylic acids is 1. The summed E-state index contributed by atoms with van der Waals surface area (Å²) in [7, 11) is 0. The number of halogens is 2. The fourth-order valence-electron chi connectivity index (χ4n) is 2.04. The van der Waals surface area contributed by atoms with E-state index in [1.165, 1.54) is 12.3 Å². The summed E-state index contributed by atoms with van der Waals surface area (Å²) in [5.74, 6) is -1.42. The SMILES string of the molecule is O=C(Nc1ccc(F)cc1F)c1cc(NCc2ccco2)ccn1. The minimum absolute atomic E-state index is 0.100. The van der Waals surface area contributed by atoms with Crippen LogP contribution >= 0.6 is 0 Å². The second kappa shape index (κ2) is 6.91. The van der Waals surface area contributed by atoms with Crippen molar-refractivity contribution < 1.29 is 18.0 Å². The number of rotatable bonds is 5. The molecule has 0 atom stereocenters. The monoisotopic (exact) mass is 329 g/mol. The van der Waals surface area contributed by atoms with E-state index < -0.39 is 17.5 Å². The second-order valence-corrected chi connectivity index (χ2v) is 4.94. The van der Waals surface area contributed by atoms with E-state index in [-0.39, 0.29) is 11.4 Å². The zero-order valence-electron chi connectivity index (χ0n) is 12.4. The van der Waals surface area contributed by atoms with Crippen LogP contribution in [0.15, 0.2) is 59.3 Å². The van der Waals surface area contributed by atoms with Gasteiger partial charge in [0.15, 0.2) is 0 Å². The van der Waals surface area contributed by atoms with E-state index in [2.05, 4.69) is 15.6 Å². The Kier molecular flexibility index (Phi) is 4.51. The number of anilines is 2. The molecule has 24 heavy (non-hydrogen) atoms. The molecule has 3 rings (SSSR count). The van der Waals surface area contributed by atoms with Gasteiger partial charge in [-0.25, -0.2) is 8.78 Å². The van der Waals surface area contributed by atoms with Gasteiger partial charge in [0.2, 0.25) is 0 Å². The molecule has 0 radical (unpaired) electrons. The Morgan fingerprint density at radius 1 is 1.17 bits per heavy atom. The molecule has 1 amide bonds. The molecule has 0 unspecified atom stereocenters. The molecule has 122 valence electrons. The molecule has 0 saturated carbocycles. The average Bonchev–Trinajstić information content (AvgIpc) is 3.09. The van der Waals surface area contributed by atoms with Crippen LogP contribution in [0.1, 0.15) is 16.2 Å². The van der Waals surface area contributed by atoms with Crippen LogP contribution in [0.25, 0.3) is 0 Å². The maximum Gasteiger partial charge on any atom is 0.274 e. The highest BCUT2D eigenvalue weighted by Gasteiger charge is 2.12. The third-order valence-corrected chi connectivity index (χ3v) is 3.22. The number of amides is 1. The molecule has 0 bridgehead atoms. The van der Waals surface area contributed by atoms with E-state index in [0.717, 1.165) is 17.9 Å². The van der Waals surface area contributed by atoms with Crippen molar-refractivity contribution in [1.29, 1.82) is 0 Å². The summed E-state index contributed by atoms with van der Waals surface area (Å²) in [4.78, 5) is 16.1. The third kappa shape index (κ3) is 3.75. The molecule has 0 spiro atoms. The lowest BCUT2D eigenvalue weighted by atomic mass is 10.2. The van der Waals surface area contributed by atoms with Crippen molar-refractivity contribution >= 4 is 17.3 Å². The Hall–Kier alpha value is -3.22. The molecule has 0 aliphatic rings. The summed E-state index contributed by atoms with van der Waals surface area (Å²) in [5, 5.41) is 5.45. The fraction of sp³-hybridized carbons (Fsp3) is 0.0588. The number of carbonyl (C=O) groups is 1. The molecular weight excluding hydrogens is 316 g/mol. The van der Waals surface area contributed by atoms with Gasteiger partial charge in [0.1, 0.15) is 23.1 Å². The van der Waals surface area contributed by atoms with Crippen LogP contribution in [-0.4, -0.2) is 10.9 Å². The van der Waals surface area contributed by atoms with Crippen LogP contribution in [0.2, 0.25) is 0 Å². The lowest BCUT2D eigenvalue weighted by Crippen LogP contribution is -2.15. The number of hydrogen-bond acceptors (Lipinski definition) is 4. The lowest BCUT2D eigenvalue weighted by molar-refractivity contribution is 0.102. The standard InChI is InChI=1S/C17H13F2N3O2/c18-11-3-4-15(14(19)8-11)22-17(23)16-9-12(5-6-20-16)21-10-13-2-1-7-24-13/h1-9H,10H2,(H,20,21)(H,22,23). The number of hydrogen-bond donors (Lipinski definition) is 2. The number of pyridine rings is 1. The Morgan fingerprint density at radius 3 is 2.79 bits per heavy atom. The zero-order chi connectivity index (χ0) is 16.9. The van der Waals surface area contributed by atoms with Crippen molar-refractivity contribution in [2.45, 2.75) is 6.54 Å². The maximum absolute atomic E-state index is 13.6. The molecule has 1 aromatic carbocycles. The summed E-state index contributed by atoms with van der Waals surface area (Å²) in [6.07, 6.45) is 3.03. The fourth-order valence-corrected chi connectivity index (χ4v) is 2.04. The van der Waals surface area contributed by atoms with Gasteiger partial charge in [-0.15, -0.1) is 0 Å². The predicted molar refractivity (Wildman–Crippen MR) is 84.6 cm³/mol. The smallest absolute Gasteiger partial charge is 0.274 e. The average molecular weight is 329 g/mol. The van der Waals surface area contributed by atoms with Crippen LogP contribution in [0.4, 0.5) is 20.2 Å². The first-order chi connectivity index (χ1) is 11.6. The molecule has 2 aromatic heterocycles. The van der Waals surface area contributed by atoms with Gasteiger partial charge >= 0.3 is 0 Å². The van der Waals surface area contributed by atoms with Crippen molar-refractivity contribution in [2.24, 2.45) is 0 Å². The highest BCUT2D eigenvalue weighted by atomic mass is 19.1. The van der Waals surface area contributed by atoms with Crippen LogP contribution < -0.4 is 10.6 Å². The molecule has 0 fully saturated rings. The van der Waals surface area contributed by atoms with E-state index in [0.29, 0.717) is 18.3 Å². The van der Waals surface area contributed by atoms with Crippen molar-refractivity contribution in [2.75, 3.05) is 10.6 Å². The zero-order valence-corrected chi connectivity index (χ0v) is 12.4. The van der Waals surface area contributed by atoms with Gasteiger partial charge in [-0.2, -0.15) is 0 Å². The summed E-state index contributed by atoms with van der Waals surface area (Å²) >= 11 is 0. The van der Waals surface area contributed by atoms with Gasteiger partial charge in [0.05, 0.1) is 18.5 Å². The van der Waals surface area contributed by atoms with Crippen LogP contribution in [0.5, 0.6) is 0 Å². The molecule has 7 heteroatoms. The molecule has 0 aliphatic carbocycles. The summed E-state index contributed by atoms with van der Waals surface area (Å²) in [6.45, 7) is 0.449. The van der Waals surface area contributed by atoms with Gasteiger partial charge in [-0.1, -0.05) is 0 Å². The molecule has 0 aliphatic heterocycles. The molecule has 0 saturated heterocycles. The molecule has 5 nitrogen and oxygen atoms in total. The third-order valence-electron chi connectivity index (χ3n) is 3.22. The van der Waals surface area contributed by atoms with Gasteiger partial charge in [0.25, 0.3) is 5.91 Å². The summed E-state index contributed by atoms with van der Waals surface area (Å²) in [5.41, 5.74) is 0.645. The Labute approximate surface area is 136 Å². The van der Waals surface area contributed by atoms with Crippen molar-refractivity contribution in [3.63, 3.8) is 0 Å². The molecule has 2 N–H and O–H groups in total. The van der Waals surface area contributed by atoms with Crippen molar-refractivity contribution in [3.05, 3.63) is 78.0 Å². The minimum Gasteiger partial charge on any atom is -0.467 e. The number of furan rings is 1. The molecule has 2 heterocycles. The van der Waals surface area contributed by atoms with E-state index >= 15 is 0 Å². The summed E-state index contributed by atoms with van der Waals surface area (Å²) < 4.78 is 31.7. The van der Waals surface area contributed by atoms with E-state index in [1.807, 2.05) is 6.07 Å². The molecular formula is C17H13F2N3O2. The first kappa shape index (κ1) is 15.7. The number of aromatic nitrogens is 1. The van der Waals surface area contributed by atoms with E-state index in [4.69, 9.17) is 4.42 Å². The van der Waals surface area contributed by atoms with Gasteiger partial charge in [0, 0.05) is 18.0 Å². The number of benzene rings is 1. The van der Waals surface area contributed by atoms with E-state index in [9.17, 15) is 13.6 Å². The summed E-state index contributed by atoms with van der Waals surface area (Å²) in [6, 6.07) is 9.73. The highest BCUT2D eigenvalue weighted by Crippen LogP contribution is 2.17. The van der Waals surface area contributed by atoms with E-state index in [1.54, 1.807) is 18.4 Å². The predicted octanol–water partition coefficient (Wildman–Crippen LogP) is 3.82. The first-order valence-corrected chi connectivity index (χ1v) is 7.10. The minimum atomic E-state index is -0.851. The Bertz CT molecular complexity index is 851. The highest BCUT2D eigenvalue weighted by molar-refractivity contribution is 6.03.